The number of sulfonamides is 1. The molecule has 0 unspecified atom stereocenters. The smallest absolute Gasteiger partial charge is 0.268 e. The van der Waals surface area contributed by atoms with Gasteiger partial charge in [0.15, 0.2) is 11.5 Å². The number of hydrogen-bond donors (Lipinski definition) is 1. The number of fused-ring (bicyclic) bond motifs is 1. The molecule has 0 radical (unpaired) electrons. The third-order valence-corrected chi connectivity index (χ3v) is 7.47. The Morgan fingerprint density at radius 1 is 1.03 bits per heavy atom. The molecule has 0 atom stereocenters. The van der Waals surface area contributed by atoms with Crippen molar-refractivity contribution in [1.29, 1.82) is 0 Å². The van der Waals surface area contributed by atoms with E-state index < -0.39 is 22.5 Å². The zero-order chi connectivity index (χ0) is 25.2. The van der Waals surface area contributed by atoms with Crippen LogP contribution in [0, 0.1) is 6.92 Å². The molecule has 0 bridgehead atoms. The molecule has 0 saturated heterocycles. The average molecular weight is 537 g/mol. The van der Waals surface area contributed by atoms with E-state index in [4.69, 9.17) is 37.4 Å². The van der Waals surface area contributed by atoms with Crippen LogP contribution in [0.4, 0.5) is 5.69 Å². The number of hydrogen-bond acceptors (Lipinski definition) is 6. The summed E-state index contributed by atoms with van der Waals surface area (Å²) in [6.45, 7) is 1.55. The molecule has 0 aromatic heterocycles. The molecular weight excluding hydrogens is 515 g/mol. The molecule has 1 amide bonds. The number of nitrogens with zero attached hydrogens (tertiary/aromatic N) is 1. The number of benzene rings is 3. The van der Waals surface area contributed by atoms with Gasteiger partial charge in [-0.1, -0.05) is 35.3 Å². The minimum atomic E-state index is -4.25. The number of nitrogens with one attached hydrogen (secondary N) is 1. The zero-order valence-corrected chi connectivity index (χ0v) is 21.2. The average Bonchev–Trinajstić information content (AvgIpc) is 3.28. The lowest BCUT2D eigenvalue weighted by Gasteiger charge is -2.25. The van der Waals surface area contributed by atoms with Crippen LogP contribution in [0.15, 0.2) is 59.5 Å². The highest BCUT2D eigenvalue weighted by Gasteiger charge is 2.30. The summed E-state index contributed by atoms with van der Waals surface area (Å²) in [7, 11) is -2.87. The van der Waals surface area contributed by atoms with Gasteiger partial charge in [0.1, 0.15) is 17.2 Å². The molecule has 1 aliphatic rings. The largest absolute Gasteiger partial charge is 0.495 e. The van der Waals surface area contributed by atoms with Crippen molar-refractivity contribution in [3.8, 4) is 17.2 Å². The Kier molecular flexibility index (Phi) is 7.30. The highest BCUT2D eigenvalue weighted by atomic mass is 35.5. The Balaban J connectivity index is 1.63. The summed E-state index contributed by atoms with van der Waals surface area (Å²) in [4.78, 5) is 12.8. The van der Waals surface area contributed by atoms with Crippen LogP contribution in [0.2, 0.25) is 10.0 Å². The standard InChI is InChI=1S/C24H22Cl2N2O6S/c1-15-3-5-21(32-2)23(7-15)35(30,31)28(19-10-17(25)9-18(26)11-19)13-24(29)27-12-16-4-6-20-22(8-16)34-14-33-20/h3-11H,12-14H2,1-2H3,(H,27,29). The van der Waals surface area contributed by atoms with Crippen molar-refractivity contribution in [2.24, 2.45) is 0 Å². The molecule has 0 spiro atoms. The molecule has 184 valence electrons. The van der Waals surface area contributed by atoms with E-state index in [1.807, 2.05) is 0 Å². The molecule has 0 saturated carbocycles. The first-order chi connectivity index (χ1) is 16.7. The number of halogens is 2. The summed E-state index contributed by atoms with van der Waals surface area (Å²) < 4.78 is 44.4. The van der Waals surface area contributed by atoms with Gasteiger partial charge in [-0.15, -0.1) is 0 Å². The Morgan fingerprint density at radius 3 is 2.46 bits per heavy atom. The first-order valence-electron chi connectivity index (χ1n) is 10.5. The SMILES string of the molecule is COc1ccc(C)cc1S(=O)(=O)N(CC(=O)NCc1ccc2c(c1)OCO2)c1cc(Cl)cc(Cl)c1. The fraction of sp³-hybridized carbons (Fsp3) is 0.208. The first kappa shape index (κ1) is 25.0. The third kappa shape index (κ3) is 5.58. The van der Waals surface area contributed by atoms with E-state index >= 15 is 0 Å². The van der Waals surface area contributed by atoms with E-state index in [9.17, 15) is 13.2 Å². The third-order valence-electron chi connectivity index (χ3n) is 5.24. The second-order valence-electron chi connectivity index (χ2n) is 7.76. The predicted molar refractivity (Wildman–Crippen MR) is 133 cm³/mol. The summed E-state index contributed by atoms with van der Waals surface area (Å²) >= 11 is 12.3. The van der Waals surface area contributed by atoms with Gasteiger partial charge in [-0.05, 0) is 60.5 Å². The highest BCUT2D eigenvalue weighted by Crippen LogP contribution is 2.34. The van der Waals surface area contributed by atoms with Gasteiger partial charge in [0.2, 0.25) is 12.7 Å². The number of anilines is 1. The van der Waals surface area contributed by atoms with Crippen LogP contribution in [0.3, 0.4) is 0 Å². The van der Waals surface area contributed by atoms with E-state index in [1.54, 1.807) is 37.3 Å². The normalized spacial score (nSPS) is 12.3. The molecule has 1 aliphatic heterocycles. The lowest BCUT2D eigenvalue weighted by molar-refractivity contribution is -0.119. The number of ether oxygens (including phenoxy) is 3. The van der Waals surface area contributed by atoms with Crippen LogP contribution in [-0.4, -0.2) is 34.8 Å². The molecule has 3 aromatic rings. The van der Waals surface area contributed by atoms with Gasteiger partial charge in [0.05, 0.1) is 12.8 Å². The minimum absolute atomic E-state index is 0.0836. The number of carbonyl (C=O) groups excluding carboxylic acids is 1. The fourth-order valence-corrected chi connectivity index (χ4v) is 5.70. The highest BCUT2D eigenvalue weighted by molar-refractivity contribution is 7.93. The van der Waals surface area contributed by atoms with Crippen molar-refractivity contribution in [3.63, 3.8) is 0 Å². The van der Waals surface area contributed by atoms with Crippen LogP contribution in [0.25, 0.3) is 0 Å². The lowest BCUT2D eigenvalue weighted by atomic mass is 10.2. The van der Waals surface area contributed by atoms with E-state index in [-0.39, 0.29) is 39.7 Å². The van der Waals surface area contributed by atoms with Crippen LogP contribution < -0.4 is 23.8 Å². The summed E-state index contributed by atoms with van der Waals surface area (Å²) in [5.41, 5.74) is 1.62. The Morgan fingerprint density at radius 2 is 1.74 bits per heavy atom. The topological polar surface area (TPSA) is 94.2 Å². The first-order valence-corrected chi connectivity index (χ1v) is 12.7. The molecule has 0 fully saturated rings. The van der Waals surface area contributed by atoms with Crippen LogP contribution in [-0.2, 0) is 21.4 Å². The minimum Gasteiger partial charge on any atom is -0.495 e. The van der Waals surface area contributed by atoms with Crippen molar-refractivity contribution in [2.45, 2.75) is 18.4 Å². The summed E-state index contributed by atoms with van der Waals surface area (Å²) in [6, 6.07) is 14.4. The van der Waals surface area contributed by atoms with E-state index in [0.717, 1.165) is 9.87 Å². The maximum atomic E-state index is 13.8. The summed E-state index contributed by atoms with van der Waals surface area (Å²) in [5.74, 6) is 0.826. The molecule has 1 heterocycles. The second kappa shape index (κ2) is 10.2. The lowest BCUT2D eigenvalue weighted by Crippen LogP contribution is -2.40. The Bertz CT molecular complexity index is 1360. The van der Waals surface area contributed by atoms with Gasteiger partial charge in [-0.25, -0.2) is 8.42 Å². The molecule has 35 heavy (non-hydrogen) atoms. The van der Waals surface area contributed by atoms with Crippen molar-refractivity contribution in [1.82, 2.24) is 5.32 Å². The molecule has 4 rings (SSSR count). The Hall–Kier alpha value is -3.14. The van der Waals surface area contributed by atoms with Crippen molar-refractivity contribution in [3.05, 3.63) is 75.8 Å². The molecule has 8 nitrogen and oxygen atoms in total. The van der Waals surface area contributed by atoms with E-state index in [0.29, 0.717) is 17.1 Å². The maximum absolute atomic E-state index is 13.8. The zero-order valence-electron chi connectivity index (χ0n) is 18.9. The van der Waals surface area contributed by atoms with Gasteiger partial charge in [0, 0.05) is 16.6 Å². The molecule has 3 aromatic carbocycles. The molecular formula is C24H22Cl2N2O6S. The summed E-state index contributed by atoms with van der Waals surface area (Å²) in [5, 5.41) is 3.20. The van der Waals surface area contributed by atoms with E-state index in [1.165, 1.54) is 31.4 Å². The maximum Gasteiger partial charge on any atom is 0.268 e. The van der Waals surface area contributed by atoms with Crippen LogP contribution >= 0.6 is 23.2 Å². The van der Waals surface area contributed by atoms with Gasteiger partial charge >= 0.3 is 0 Å². The Labute approximate surface area is 213 Å². The van der Waals surface area contributed by atoms with Crippen molar-refractivity contribution >= 4 is 44.8 Å². The number of carbonyl (C=O) groups is 1. The van der Waals surface area contributed by atoms with Gasteiger partial charge < -0.3 is 19.5 Å². The second-order valence-corrected chi connectivity index (χ2v) is 10.5. The number of rotatable bonds is 8. The van der Waals surface area contributed by atoms with E-state index in [2.05, 4.69) is 5.32 Å². The van der Waals surface area contributed by atoms with Gasteiger partial charge in [-0.3, -0.25) is 9.10 Å². The van der Waals surface area contributed by atoms with Crippen molar-refractivity contribution in [2.75, 3.05) is 24.8 Å². The molecule has 1 N–H and O–H groups in total. The van der Waals surface area contributed by atoms with Crippen LogP contribution in [0.1, 0.15) is 11.1 Å². The number of methoxy groups -OCH3 is 1. The molecule has 0 aliphatic carbocycles. The predicted octanol–water partition coefficient (Wildman–Crippen LogP) is 4.55. The van der Waals surface area contributed by atoms with Gasteiger partial charge in [-0.2, -0.15) is 0 Å². The van der Waals surface area contributed by atoms with Crippen molar-refractivity contribution < 1.29 is 27.4 Å². The fourth-order valence-electron chi connectivity index (χ4n) is 3.54. The van der Waals surface area contributed by atoms with Crippen LogP contribution in [0.5, 0.6) is 17.2 Å². The number of amides is 1. The molecule has 11 heteroatoms. The van der Waals surface area contributed by atoms with Gasteiger partial charge in [0.25, 0.3) is 10.0 Å². The monoisotopic (exact) mass is 536 g/mol. The quantitative estimate of drug-likeness (QED) is 0.453. The number of aryl methyl sites for hydroxylation is 1. The summed E-state index contributed by atoms with van der Waals surface area (Å²) in [6.07, 6.45) is 0.